The highest BCUT2D eigenvalue weighted by Crippen LogP contribution is 2.25. The molecular formula is C16H16ClNO2. The number of carbonyl (C=O) groups is 1. The molecule has 1 amide bonds. The number of amides is 1. The van der Waals surface area contributed by atoms with Gasteiger partial charge in [-0.2, -0.15) is 0 Å². The topological polar surface area (TPSA) is 40.5 Å². The number of phenols is 1. The first-order chi connectivity index (χ1) is 9.52. The Hall–Kier alpha value is -2.00. The molecule has 3 nitrogen and oxygen atoms in total. The number of aryl methyl sites for hydroxylation is 1. The van der Waals surface area contributed by atoms with E-state index in [4.69, 9.17) is 11.6 Å². The molecule has 4 heteroatoms. The van der Waals surface area contributed by atoms with Gasteiger partial charge < -0.3 is 10.0 Å². The minimum absolute atomic E-state index is 0.0257. The zero-order valence-corrected chi connectivity index (χ0v) is 12.2. The number of phenolic OH excluding ortho intramolecular Hbond substituents is 1. The van der Waals surface area contributed by atoms with Gasteiger partial charge in [-0.05, 0) is 44.2 Å². The van der Waals surface area contributed by atoms with Crippen molar-refractivity contribution in [3.8, 4) is 5.75 Å². The fourth-order valence-corrected chi connectivity index (χ4v) is 2.19. The molecule has 0 aliphatic heterocycles. The summed E-state index contributed by atoms with van der Waals surface area (Å²) in [5.74, 6) is -0.199. The van der Waals surface area contributed by atoms with Crippen LogP contribution in [0, 0.1) is 6.92 Å². The number of carbonyl (C=O) groups excluding carboxylic acids is 1. The fourth-order valence-electron chi connectivity index (χ4n) is 1.99. The van der Waals surface area contributed by atoms with Crippen LogP contribution in [0.15, 0.2) is 42.5 Å². The van der Waals surface area contributed by atoms with Crippen molar-refractivity contribution in [2.45, 2.75) is 13.8 Å². The second kappa shape index (κ2) is 5.97. The van der Waals surface area contributed by atoms with Crippen molar-refractivity contribution >= 4 is 23.2 Å². The zero-order valence-electron chi connectivity index (χ0n) is 11.4. The lowest BCUT2D eigenvalue weighted by Gasteiger charge is -2.22. The Morgan fingerprint density at radius 1 is 1.20 bits per heavy atom. The average Bonchev–Trinajstić information content (AvgIpc) is 2.44. The van der Waals surface area contributed by atoms with Crippen molar-refractivity contribution in [2.75, 3.05) is 11.4 Å². The molecule has 0 unspecified atom stereocenters. The molecule has 0 fully saturated rings. The van der Waals surface area contributed by atoms with Crippen LogP contribution in [0.1, 0.15) is 22.8 Å². The van der Waals surface area contributed by atoms with Crippen molar-refractivity contribution in [2.24, 2.45) is 0 Å². The number of rotatable bonds is 3. The normalized spacial score (nSPS) is 10.3. The van der Waals surface area contributed by atoms with Gasteiger partial charge in [0, 0.05) is 12.2 Å². The molecular weight excluding hydrogens is 274 g/mol. The SMILES string of the molecule is CCN(C(=O)c1cc(O)ccc1Cl)c1ccc(C)cc1. The Labute approximate surface area is 123 Å². The number of hydrogen-bond donors (Lipinski definition) is 1. The van der Waals surface area contributed by atoms with Crippen molar-refractivity contribution in [1.29, 1.82) is 0 Å². The van der Waals surface area contributed by atoms with Gasteiger partial charge in [-0.25, -0.2) is 0 Å². The molecule has 0 radical (unpaired) electrons. The molecule has 0 saturated carbocycles. The van der Waals surface area contributed by atoms with Gasteiger partial charge in [0.25, 0.3) is 5.91 Å². The summed E-state index contributed by atoms with van der Waals surface area (Å²) in [6.45, 7) is 4.41. The highest BCUT2D eigenvalue weighted by molar-refractivity contribution is 6.34. The molecule has 0 heterocycles. The van der Waals surface area contributed by atoms with Gasteiger partial charge in [-0.3, -0.25) is 4.79 Å². The van der Waals surface area contributed by atoms with E-state index in [0.29, 0.717) is 17.1 Å². The standard InChI is InChI=1S/C16H16ClNO2/c1-3-18(12-6-4-11(2)5-7-12)16(20)14-10-13(19)8-9-15(14)17/h4-10,19H,3H2,1-2H3. The Bertz CT molecular complexity index is 623. The summed E-state index contributed by atoms with van der Waals surface area (Å²) in [6, 6.07) is 12.1. The second-order valence-corrected chi connectivity index (χ2v) is 4.96. The number of aromatic hydroxyl groups is 1. The lowest BCUT2D eigenvalue weighted by molar-refractivity contribution is 0.0988. The maximum absolute atomic E-state index is 12.6. The summed E-state index contributed by atoms with van der Waals surface area (Å²) in [5.41, 5.74) is 2.24. The summed E-state index contributed by atoms with van der Waals surface area (Å²) in [6.07, 6.45) is 0. The number of benzene rings is 2. The summed E-state index contributed by atoms with van der Waals surface area (Å²) in [5, 5.41) is 9.85. The van der Waals surface area contributed by atoms with Crippen molar-refractivity contribution in [1.82, 2.24) is 0 Å². The van der Waals surface area contributed by atoms with Crippen LogP contribution < -0.4 is 4.90 Å². The van der Waals surface area contributed by atoms with E-state index in [2.05, 4.69) is 0 Å². The van der Waals surface area contributed by atoms with E-state index in [0.717, 1.165) is 11.3 Å². The van der Waals surface area contributed by atoms with Gasteiger partial charge in [0.1, 0.15) is 5.75 Å². The van der Waals surface area contributed by atoms with Gasteiger partial charge in [-0.1, -0.05) is 29.3 Å². The smallest absolute Gasteiger partial charge is 0.259 e. The zero-order chi connectivity index (χ0) is 14.7. The molecule has 0 aliphatic rings. The van der Waals surface area contributed by atoms with Crippen LogP contribution in [0.4, 0.5) is 5.69 Å². The number of halogens is 1. The third-order valence-corrected chi connectivity index (χ3v) is 3.42. The minimum Gasteiger partial charge on any atom is -0.508 e. The van der Waals surface area contributed by atoms with Crippen LogP contribution in [0.25, 0.3) is 0 Å². The molecule has 0 atom stereocenters. The van der Waals surface area contributed by atoms with E-state index in [1.165, 1.54) is 18.2 Å². The third kappa shape index (κ3) is 2.94. The van der Waals surface area contributed by atoms with Gasteiger partial charge in [-0.15, -0.1) is 0 Å². The molecule has 2 rings (SSSR count). The molecule has 0 saturated heterocycles. The quantitative estimate of drug-likeness (QED) is 0.927. The van der Waals surface area contributed by atoms with Crippen LogP contribution >= 0.6 is 11.6 Å². The van der Waals surface area contributed by atoms with Crippen molar-refractivity contribution < 1.29 is 9.90 Å². The maximum Gasteiger partial charge on any atom is 0.259 e. The lowest BCUT2D eigenvalue weighted by atomic mass is 10.1. The monoisotopic (exact) mass is 289 g/mol. The van der Waals surface area contributed by atoms with E-state index >= 15 is 0 Å². The number of anilines is 1. The molecule has 0 aliphatic carbocycles. The Kier molecular flexibility index (Phi) is 4.30. The molecule has 1 N–H and O–H groups in total. The van der Waals surface area contributed by atoms with Gasteiger partial charge in [0.2, 0.25) is 0 Å². The van der Waals surface area contributed by atoms with Gasteiger partial charge in [0.05, 0.1) is 10.6 Å². The van der Waals surface area contributed by atoms with Crippen LogP contribution in [0.3, 0.4) is 0 Å². The summed E-state index contributed by atoms with van der Waals surface area (Å²) >= 11 is 6.05. The minimum atomic E-state index is -0.225. The lowest BCUT2D eigenvalue weighted by Crippen LogP contribution is -2.30. The summed E-state index contributed by atoms with van der Waals surface area (Å²) < 4.78 is 0. The van der Waals surface area contributed by atoms with Crippen LogP contribution in [-0.2, 0) is 0 Å². The summed E-state index contributed by atoms with van der Waals surface area (Å²) in [7, 11) is 0. The van der Waals surface area contributed by atoms with E-state index in [1.54, 1.807) is 4.90 Å². The average molecular weight is 290 g/mol. The predicted molar refractivity (Wildman–Crippen MR) is 81.6 cm³/mol. The van der Waals surface area contributed by atoms with Crippen LogP contribution in [-0.4, -0.2) is 17.6 Å². The molecule has 104 valence electrons. The predicted octanol–water partition coefficient (Wildman–Crippen LogP) is 4.02. The molecule has 2 aromatic rings. The first kappa shape index (κ1) is 14.4. The molecule has 2 aromatic carbocycles. The number of hydrogen-bond acceptors (Lipinski definition) is 2. The highest BCUT2D eigenvalue weighted by atomic mass is 35.5. The van der Waals surface area contributed by atoms with Crippen molar-refractivity contribution in [3.63, 3.8) is 0 Å². The van der Waals surface area contributed by atoms with E-state index in [1.807, 2.05) is 38.1 Å². The van der Waals surface area contributed by atoms with E-state index in [9.17, 15) is 9.90 Å². The third-order valence-electron chi connectivity index (χ3n) is 3.09. The maximum atomic E-state index is 12.6. The van der Waals surface area contributed by atoms with Gasteiger partial charge in [0.15, 0.2) is 0 Å². The fraction of sp³-hybridized carbons (Fsp3) is 0.188. The van der Waals surface area contributed by atoms with Gasteiger partial charge >= 0.3 is 0 Å². The summed E-state index contributed by atoms with van der Waals surface area (Å²) in [4.78, 5) is 14.2. The van der Waals surface area contributed by atoms with Crippen LogP contribution in [0.2, 0.25) is 5.02 Å². The molecule has 0 aromatic heterocycles. The first-order valence-electron chi connectivity index (χ1n) is 6.40. The Balaban J connectivity index is 2.38. The van der Waals surface area contributed by atoms with Crippen molar-refractivity contribution in [3.05, 3.63) is 58.6 Å². The van der Waals surface area contributed by atoms with E-state index < -0.39 is 0 Å². The molecule has 0 spiro atoms. The second-order valence-electron chi connectivity index (χ2n) is 4.55. The molecule has 0 bridgehead atoms. The molecule has 20 heavy (non-hydrogen) atoms. The van der Waals surface area contributed by atoms with E-state index in [-0.39, 0.29) is 11.7 Å². The Morgan fingerprint density at radius 2 is 1.85 bits per heavy atom. The Morgan fingerprint density at radius 3 is 2.45 bits per heavy atom. The largest absolute Gasteiger partial charge is 0.508 e. The van der Waals surface area contributed by atoms with Crippen LogP contribution in [0.5, 0.6) is 5.75 Å². The highest BCUT2D eigenvalue weighted by Gasteiger charge is 2.19. The number of nitrogens with zero attached hydrogens (tertiary/aromatic N) is 1. The first-order valence-corrected chi connectivity index (χ1v) is 6.77.